The van der Waals surface area contributed by atoms with Gasteiger partial charge in [0.25, 0.3) is 0 Å². The van der Waals surface area contributed by atoms with Crippen LogP contribution < -0.4 is 10.6 Å². The molecule has 1 aliphatic heterocycles. The lowest BCUT2D eigenvalue weighted by Crippen LogP contribution is -2.52. The molecular formula is C27H45N3O4. The normalized spacial score (nSPS) is 17.0. The maximum absolute atomic E-state index is 13.4. The number of carbonyl (C=O) groups excluding carboxylic acids is 2. The van der Waals surface area contributed by atoms with Gasteiger partial charge >= 0.3 is 0 Å². The third kappa shape index (κ3) is 9.72. The van der Waals surface area contributed by atoms with Crippen LogP contribution in [0, 0.1) is 5.92 Å². The van der Waals surface area contributed by atoms with Crippen LogP contribution in [-0.2, 0) is 20.1 Å². The summed E-state index contributed by atoms with van der Waals surface area (Å²) in [6.07, 6.45) is 7.91. The molecule has 0 saturated carbocycles. The van der Waals surface area contributed by atoms with Crippen molar-refractivity contribution in [1.82, 2.24) is 15.5 Å². The highest BCUT2D eigenvalue weighted by atomic mass is 16.5. The second-order valence-electron chi connectivity index (χ2n) is 9.32. The minimum atomic E-state index is -1.54. The van der Waals surface area contributed by atoms with Gasteiger partial charge in [0, 0.05) is 38.2 Å². The highest BCUT2D eigenvalue weighted by molar-refractivity contribution is 6.00. The minimum Gasteiger partial charge on any atom is -0.379 e. The van der Waals surface area contributed by atoms with E-state index in [1.54, 1.807) is 0 Å². The van der Waals surface area contributed by atoms with Crippen LogP contribution in [0.5, 0.6) is 0 Å². The largest absolute Gasteiger partial charge is 0.379 e. The van der Waals surface area contributed by atoms with E-state index in [1.807, 2.05) is 30.3 Å². The molecule has 3 N–H and O–H groups in total. The average molecular weight is 476 g/mol. The summed E-state index contributed by atoms with van der Waals surface area (Å²) in [7, 11) is 0. The van der Waals surface area contributed by atoms with Crippen LogP contribution in [0.2, 0.25) is 0 Å². The molecule has 0 aliphatic carbocycles. The van der Waals surface area contributed by atoms with E-state index in [9.17, 15) is 14.7 Å². The van der Waals surface area contributed by atoms with Crippen LogP contribution in [0.1, 0.15) is 77.2 Å². The van der Waals surface area contributed by atoms with Gasteiger partial charge < -0.3 is 20.5 Å². The summed E-state index contributed by atoms with van der Waals surface area (Å²) in [4.78, 5) is 28.6. The standard InChI is InChI=1S/C27H45N3O4/c1-3-5-7-8-12-15-24(25(31)28-17-6-4-2)26(32)29-27(33,23-13-10-9-11-14-23)16-18-30-19-21-34-22-20-30/h9-11,13-14,24,33H,3-8,12,15-22H2,1-2H3,(H,28,31)(H,29,32)/t24?,27-/m0/s1. The maximum Gasteiger partial charge on any atom is 0.235 e. The predicted octanol–water partition coefficient (Wildman–Crippen LogP) is 3.56. The van der Waals surface area contributed by atoms with Gasteiger partial charge in [0.1, 0.15) is 5.92 Å². The van der Waals surface area contributed by atoms with Gasteiger partial charge in [-0.25, -0.2) is 0 Å². The number of rotatable bonds is 16. The van der Waals surface area contributed by atoms with Crippen molar-refractivity contribution in [2.75, 3.05) is 39.4 Å². The first-order valence-corrected chi connectivity index (χ1v) is 13.2. The molecule has 0 aromatic heterocycles. The lowest BCUT2D eigenvalue weighted by atomic mass is 9.94. The van der Waals surface area contributed by atoms with Crippen LogP contribution in [-0.4, -0.2) is 61.2 Å². The molecule has 1 heterocycles. The van der Waals surface area contributed by atoms with Gasteiger partial charge in [-0.2, -0.15) is 0 Å². The highest BCUT2D eigenvalue weighted by Gasteiger charge is 2.36. The SMILES string of the molecule is CCCCCCCC(C(=O)NCCCC)C(=O)N[C@](O)(CCN1CCOCC1)c1ccccc1. The molecule has 1 aromatic carbocycles. The summed E-state index contributed by atoms with van der Waals surface area (Å²) in [5.41, 5.74) is -0.912. The van der Waals surface area contributed by atoms with E-state index in [0.29, 0.717) is 44.7 Å². The first-order chi connectivity index (χ1) is 16.5. The van der Waals surface area contributed by atoms with Crippen molar-refractivity contribution in [3.63, 3.8) is 0 Å². The number of ether oxygens (including phenoxy) is 1. The molecule has 0 radical (unpaired) electrons. The Morgan fingerprint density at radius 3 is 2.35 bits per heavy atom. The number of hydrogen-bond acceptors (Lipinski definition) is 5. The van der Waals surface area contributed by atoms with E-state index < -0.39 is 17.6 Å². The molecular weight excluding hydrogens is 430 g/mol. The Bertz CT molecular complexity index is 709. The van der Waals surface area contributed by atoms with Crippen molar-refractivity contribution in [3.8, 4) is 0 Å². The maximum atomic E-state index is 13.4. The average Bonchev–Trinajstić information content (AvgIpc) is 2.86. The van der Waals surface area contributed by atoms with E-state index in [1.165, 1.54) is 0 Å². The molecule has 192 valence electrons. The first-order valence-electron chi connectivity index (χ1n) is 13.2. The predicted molar refractivity (Wildman–Crippen MR) is 135 cm³/mol. The Balaban J connectivity index is 2.11. The summed E-state index contributed by atoms with van der Waals surface area (Å²) >= 11 is 0. The molecule has 34 heavy (non-hydrogen) atoms. The molecule has 0 bridgehead atoms. The monoisotopic (exact) mass is 475 g/mol. The van der Waals surface area contributed by atoms with E-state index in [4.69, 9.17) is 4.74 Å². The van der Waals surface area contributed by atoms with Gasteiger partial charge in [-0.05, 0) is 12.8 Å². The van der Waals surface area contributed by atoms with Gasteiger partial charge in [0.05, 0.1) is 13.2 Å². The van der Waals surface area contributed by atoms with Gasteiger partial charge in [0.15, 0.2) is 5.72 Å². The van der Waals surface area contributed by atoms with Crippen molar-refractivity contribution in [1.29, 1.82) is 0 Å². The first kappa shape index (κ1) is 28.3. The molecule has 1 fully saturated rings. The van der Waals surface area contributed by atoms with Gasteiger partial charge in [-0.15, -0.1) is 0 Å². The Labute approximate surface area is 205 Å². The van der Waals surface area contributed by atoms with Crippen molar-refractivity contribution >= 4 is 11.8 Å². The molecule has 7 heteroatoms. The summed E-state index contributed by atoms with van der Waals surface area (Å²) in [6, 6.07) is 9.23. The van der Waals surface area contributed by atoms with Crippen LogP contribution >= 0.6 is 0 Å². The van der Waals surface area contributed by atoms with Gasteiger partial charge in [-0.1, -0.05) is 82.7 Å². The molecule has 1 unspecified atom stereocenters. The Morgan fingerprint density at radius 2 is 1.68 bits per heavy atom. The second kappa shape index (κ2) is 15.8. The van der Waals surface area contributed by atoms with Crippen LogP contribution in [0.25, 0.3) is 0 Å². The number of benzene rings is 1. The number of morpholine rings is 1. The van der Waals surface area contributed by atoms with E-state index in [0.717, 1.165) is 58.0 Å². The molecule has 1 aromatic rings. The number of nitrogens with zero attached hydrogens (tertiary/aromatic N) is 1. The topological polar surface area (TPSA) is 90.9 Å². The van der Waals surface area contributed by atoms with Crippen molar-refractivity contribution in [2.45, 2.75) is 77.4 Å². The second-order valence-corrected chi connectivity index (χ2v) is 9.32. The zero-order valence-electron chi connectivity index (χ0n) is 21.2. The zero-order valence-corrected chi connectivity index (χ0v) is 21.2. The molecule has 2 atom stereocenters. The fourth-order valence-electron chi connectivity index (χ4n) is 4.27. The fourth-order valence-corrected chi connectivity index (χ4v) is 4.27. The van der Waals surface area contributed by atoms with Crippen LogP contribution in [0.3, 0.4) is 0 Å². The van der Waals surface area contributed by atoms with E-state index in [-0.39, 0.29) is 5.91 Å². The van der Waals surface area contributed by atoms with Gasteiger partial charge in [0.2, 0.25) is 11.8 Å². The Kier molecular flexibility index (Phi) is 13.2. The fraction of sp³-hybridized carbons (Fsp3) is 0.704. The van der Waals surface area contributed by atoms with E-state index >= 15 is 0 Å². The highest BCUT2D eigenvalue weighted by Crippen LogP contribution is 2.24. The number of hydrogen-bond donors (Lipinski definition) is 3. The molecule has 1 saturated heterocycles. The quantitative estimate of drug-likeness (QED) is 0.193. The molecule has 7 nitrogen and oxygen atoms in total. The summed E-state index contributed by atoms with van der Waals surface area (Å²) in [6.45, 7) is 8.38. The van der Waals surface area contributed by atoms with Crippen molar-refractivity contribution in [2.24, 2.45) is 5.92 Å². The summed E-state index contributed by atoms with van der Waals surface area (Å²) < 4.78 is 5.42. The number of aliphatic hydroxyl groups is 1. The number of amides is 2. The molecule has 0 spiro atoms. The molecule has 2 amide bonds. The number of carbonyl (C=O) groups is 2. The molecule has 1 aliphatic rings. The van der Waals surface area contributed by atoms with Gasteiger partial charge in [-0.3, -0.25) is 14.5 Å². The third-order valence-corrected chi connectivity index (χ3v) is 6.53. The lowest BCUT2D eigenvalue weighted by Gasteiger charge is -2.34. The third-order valence-electron chi connectivity index (χ3n) is 6.53. The summed E-state index contributed by atoms with van der Waals surface area (Å²) in [5, 5.41) is 17.4. The Hall–Kier alpha value is -1.96. The van der Waals surface area contributed by atoms with Crippen molar-refractivity contribution < 1.29 is 19.4 Å². The van der Waals surface area contributed by atoms with E-state index in [2.05, 4.69) is 29.4 Å². The van der Waals surface area contributed by atoms with Crippen molar-refractivity contribution in [3.05, 3.63) is 35.9 Å². The van der Waals surface area contributed by atoms with Crippen LogP contribution in [0.4, 0.5) is 0 Å². The summed E-state index contributed by atoms with van der Waals surface area (Å²) in [5.74, 6) is -1.46. The zero-order chi connectivity index (χ0) is 24.7. The molecule has 2 rings (SSSR count). The smallest absolute Gasteiger partial charge is 0.235 e. The lowest BCUT2D eigenvalue weighted by molar-refractivity contribution is -0.141. The number of nitrogens with one attached hydrogen (secondary N) is 2. The number of unbranched alkanes of at least 4 members (excludes halogenated alkanes) is 5. The minimum absolute atomic E-state index is 0.245. The Morgan fingerprint density at radius 1 is 1.00 bits per heavy atom. The van der Waals surface area contributed by atoms with Crippen LogP contribution in [0.15, 0.2) is 30.3 Å².